The summed E-state index contributed by atoms with van der Waals surface area (Å²) in [5.74, 6) is -1.30. The molecule has 0 saturated carbocycles. The lowest BCUT2D eigenvalue weighted by Gasteiger charge is -2.39. The van der Waals surface area contributed by atoms with Crippen molar-refractivity contribution in [2.45, 2.75) is 24.5 Å². The van der Waals surface area contributed by atoms with Gasteiger partial charge in [-0.2, -0.15) is 0 Å². The smallest absolute Gasteiger partial charge is 0.327 e. The maximum Gasteiger partial charge on any atom is 0.327 e. The molecule has 1 saturated heterocycles. The zero-order chi connectivity index (χ0) is 19.8. The number of carbonyl (C=O) groups is 2. The molecule has 0 aromatic heterocycles. The zero-order valence-corrected chi connectivity index (χ0v) is 15.9. The van der Waals surface area contributed by atoms with Crippen molar-refractivity contribution in [3.8, 4) is 0 Å². The summed E-state index contributed by atoms with van der Waals surface area (Å²) < 4.78 is 16.7. The SMILES string of the molecule is COC(=O)C1(C(=O)OC)CC2Cc3ccccc3/C=C\C1(c1ccccc1)O2. The molecule has 2 aliphatic rings. The maximum absolute atomic E-state index is 13.1. The highest BCUT2D eigenvalue weighted by Crippen LogP contribution is 2.57. The summed E-state index contributed by atoms with van der Waals surface area (Å²) in [6.07, 6.45) is 4.16. The molecule has 2 atom stereocenters. The average Bonchev–Trinajstić information content (AvgIpc) is 3.09. The number of hydrogen-bond donors (Lipinski definition) is 0. The van der Waals surface area contributed by atoms with Crippen LogP contribution in [-0.4, -0.2) is 32.3 Å². The van der Waals surface area contributed by atoms with Crippen molar-refractivity contribution < 1.29 is 23.8 Å². The van der Waals surface area contributed by atoms with Gasteiger partial charge in [-0.3, -0.25) is 9.59 Å². The van der Waals surface area contributed by atoms with E-state index in [4.69, 9.17) is 14.2 Å². The van der Waals surface area contributed by atoms with Crippen LogP contribution in [0.25, 0.3) is 6.08 Å². The fourth-order valence-corrected chi connectivity index (χ4v) is 4.53. The minimum absolute atomic E-state index is 0.180. The van der Waals surface area contributed by atoms with Gasteiger partial charge in [-0.1, -0.05) is 60.7 Å². The van der Waals surface area contributed by atoms with Crippen LogP contribution in [0.2, 0.25) is 0 Å². The molecule has 2 aromatic rings. The van der Waals surface area contributed by atoms with Crippen molar-refractivity contribution in [3.05, 3.63) is 77.4 Å². The van der Waals surface area contributed by atoms with Gasteiger partial charge in [0, 0.05) is 6.42 Å². The van der Waals surface area contributed by atoms with Crippen LogP contribution in [0.4, 0.5) is 0 Å². The van der Waals surface area contributed by atoms with Crippen LogP contribution in [0, 0.1) is 5.41 Å². The minimum Gasteiger partial charge on any atom is -0.468 e. The first kappa shape index (κ1) is 18.4. The van der Waals surface area contributed by atoms with Crippen molar-refractivity contribution in [3.63, 3.8) is 0 Å². The van der Waals surface area contributed by atoms with Gasteiger partial charge in [-0.15, -0.1) is 0 Å². The highest BCUT2D eigenvalue weighted by atomic mass is 16.6. The van der Waals surface area contributed by atoms with E-state index in [0.29, 0.717) is 12.0 Å². The third-order valence-corrected chi connectivity index (χ3v) is 5.79. The van der Waals surface area contributed by atoms with Gasteiger partial charge in [0.2, 0.25) is 5.41 Å². The summed E-state index contributed by atoms with van der Waals surface area (Å²) in [6, 6.07) is 17.3. The molecular weight excluding hydrogens is 356 g/mol. The largest absolute Gasteiger partial charge is 0.468 e. The molecule has 144 valence electrons. The molecule has 4 rings (SSSR count). The zero-order valence-electron chi connectivity index (χ0n) is 15.9. The maximum atomic E-state index is 13.1. The number of rotatable bonds is 3. The van der Waals surface area contributed by atoms with Crippen molar-refractivity contribution >= 4 is 18.0 Å². The molecular formula is C23H22O5. The van der Waals surface area contributed by atoms with Crippen LogP contribution in [0.5, 0.6) is 0 Å². The predicted octanol–water partition coefficient (Wildman–Crippen LogP) is 3.27. The molecule has 5 heteroatoms. The Labute approximate surface area is 163 Å². The fraction of sp³-hybridized carbons (Fsp3) is 0.304. The first-order chi connectivity index (χ1) is 13.6. The molecule has 0 radical (unpaired) electrons. The number of fused-ring (bicyclic) bond motifs is 3. The van der Waals surface area contributed by atoms with E-state index in [2.05, 4.69) is 0 Å². The average molecular weight is 378 g/mol. The van der Waals surface area contributed by atoms with Crippen LogP contribution in [0.1, 0.15) is 23.1 Å². The Morgan fingerprint density at radius 3 is 2.29 bits per heavy atom. The molecule has 28 heavy (non-hydrogen) atoms. The number of carbonyl (C=O) groups excluding carboxylic acids is 2. The Kier molecular flexibility index (Phi) is 4.55. The lowest BCUT2D eigenvalue weighted by atomic mass is 9.67. The first-order valence-electron chi connectivity index (χ1n) is 9.25. The molecule has 5 nitrogen and oxygen atoms in total. The van der Waals surface area contributed by atoms with Gasteiger partial charge < -0.3 is 14.2 Å². The van der Waals surface area contributed by atoms with E-state index in [1.54, 1.807) is 0 Å². The van der Waals surface area contributed by atoms with E-state index in [9.17, 15) is 9.59 Å². The molecule has 2 heterocycles. The summed E-state index contributed by atoms with van der Waals surface area (Å²) in [6.45, 7) is 0. The van der Waals surface area contributed by atoms with Gasteiger partial charge in [-0.25, -0.2) is 0 Å². The summed E-state index contributed by atoms with van der Waals surface area (Å²) in [5, 5.41) is 0. The van der Waals surface area contributed by atoms with Gasteiger partial charge >= 0.3 is 11.9 Å². The molecule has 2 bridgehead atoms. The van der Waals surface area contributed by atoms with E-state index in [0.717, 1.165) is 11.1 Å². The standard InChI is InChI=1S/C23H22O5/c1-26-20(24)22(21(25)27-2)15-19-14-17-9-7-6-8-16(17)12-13-23(22,28-19)18-10-4-3-5-11-18/h3-13,19H,14-15H2,1-2H3/b13-12-. The second-order valence-corrected chi connectivity index (χ2v) is 7.17. The molecule has 1 fully saturated rings. The Hall–Kier alpha value is -2.92. The quantitative estimate of drug-likeness (QED) is 0.606. The van der Waals surface area contributed by atoms with Crippen LogP contribution >= 0.6 is 0 Å². The van der Waals surface area contributed by atoms with Crippen molar-refractivity contribution in [2.75, 3.05) is 14.2 Å². The third-order valence-electron chi connectivity index (χ3n) is 5.79. The predicted molar refractivity (Wildman–Crippen MR) is 103 cm³/mol. The molecule has 0 aliphatic carbocycles. The van der Waals surface area contributed by atoms with Gasteiger partial charge in [0.15, 0.2) is 0 Å². The van der Waals surface area contributed by atoms with Gasteiger partial charge in [0.05, 0.1) is 20.3 Å². The second-order valence-electron chi connectivity index (χ2n) is 7.17. The summed E-state index contributed by atoms with van der Waals surface area (Å²) in [5.41, 5.74) is -0.0743. The van der Waals surface area contributed by atoms with Crippen LogP contribution < -0.4 is 0 Å². The van der Waals surface area contributed by atoms with Gasteiger partial charge in [-0.05, 0) is 29.2 Å². The topological polar surface area (TPSA) is 61.8 Å². The Morgan fingerprint density at radius 1 is 0.964 bits per heavy atom. The molecule has 2 unspecified atom stereocenters. The number of hydrogen-bond acceptors (Lipinski definition) is 5. The Morgan fingerprint density at radius 2 is 1.61 bits per heavy atom. The monoisotopic (exact) mass is 378 g/mol. The van der Waals surface area contributed by atoms with Crippen molar-refractivity contribution in [1.29, 1.82) is 0 Å². The molecule has 0 spiro atoms. The highest BCUT2D eigenvalue weighted by molar-refractivity contribution is 6.03. The molecule has 0 amide bonds. The number of esters is 2. The van der Waals surface area contributed by atoms with Crippen LogP contribution in [-0.2, 0) is 35.8 Å². The summed E-state index contributed by atoms with van der Waals surface area (Å²) in [7, 11) is 2.57. The highest BCUT2D eigenvalue weighted by Gasteiger charge is 2.70. The molecule has 0 N–H and O–H groups in total. The van der Waals surface area contributed by atoms with E-state index >= 15 is 0 Å². The Bertz CT molecular complexity index is 917. The molecule has 2 aromatic carbocycles. The Balaban J connectivity index is 2.01. The van der Waals surface area contributed by atoms with E-state index in [1.807, 2.05) is 66.7 Å². The first-order valence-corrected chi connectivity index (χ1v) is 9.25. The van der Waals surface area contributed by atoms with E-state index < -0.39 is 23.0 Å². The summed E-state index contributed by atoms with van der Waals surface area (Å²) in [4.78, 5) is 26.2. The summed E-state index contributed by atoms with van der Waals surface area (Å²) >= 11 is 0. The fourth-order valence-electron chi connectivity index (χ4n) is 4.53. The van der Waals surface area contributed by atoms with Crippen molar-refractivity contribution in [2.24, 2.45) is 5.41 Å². The van der Waals surface area contributed by atoms with Gasteiger partial charge in [0.25, 0.3) is 0 Å². The van der Waals surface area contributed by atoms with Crippen molar-refractivity contribution in [1.82, 2.24) is 0 Å². The number of ether oxygens (including phenoxy) is 3. The second kappa shape index (κ2) is 6.91. The molecule has 2 aliphatic heterocycles. The lowest BCUT2D eigenvalue weighted by Crippen LogP contribution is -2.53. The minimum atomic E-state index is -1.62. The van der Waals surface area contributed by atoms with Crippen LogP contribution in [0.15, 0.2) is 60.7 Å². The van der Waals surface area contributed by atoms with Gasteiger partial charge in [0.1, 0.15) is 5.60 Å². The van der Waals surface area contributed by atoms with E-state index in [-0.39, 0.29) is 12.5 Å². The third kappa shape index (κ3) is 2.50. The van der Waals surface area contributed by atoms with Crippen LogP contribution in [0.3, 0.4) is 0 Å². The lowest BCUT2D eigenvalue weighted by molar-refractivity contribution is -0.180. The normalized spacial score (nSPS) is 25.7. The number of methoxy groups -OCH3 is 2. The van der Waals surface area contributed by atoms with E-state index in [1.165, 1.54) is 14.2 Å². The number of benzene rings is 2.